The van der Waals surface area contributed by atoms with E-state index < -0.39 is 0 Å². The maximum Gasteiger partial charge on any atom is 0.123 e. The Kier molecular flexibility index (Phi) is 5.64. The van der Waals surface area contributed by atoms with Crippen LogP contribution in [0, 0.1) is 12.3 Å². The number of nitrogens with two attached hydrogens (primary N) is 1. The van der Waals surface area contributed by atoms with Crippen LogP contribution in [0.25, 0.3) is 0 Å². The third-order valence-corrected chi connectivity index (χ3v) is 3.85. The monoisotopic (exact) mass is 277 g/mol. The van der Waals surface area contributed by atoms with Crippen molar-refractivity contribution in [1.29, 1.82) is 0 Å². The predicted molar refractivity (Wildman–Crippen MR) is 87.4 cm³/mol. The van der Waals surface area contributed by atoms with Crippen LogP contribution in [0.2, 0.25) is 0 Å². The molecule has 2 unspecified atom stereocenters. The van der Waals surface area contributed by atoms with Crippen LogP contribution in [0.15, 0.2) is 18.2 Å². The van der Waals surface area contributed by atoms with Crippen LogP contribution in [-0.4, -0.2) is 12.1 Å². The lowest BCUT2D eigenvalue weighted by Gasteiger charge is -2.35. The van der Waals surface area contributed by atoms with Gasteiger partial charge in [0.05, 0.1) is 0 Å². The molecule has 2 nitrogen and oxygen atoms in total. The Labute approximate surface area is 124 Å². The van der Waals surface area contributed by atoms with Gasteiger partial charge in [0.15, 0.2) is 0 Å². The minimum absolute atomic E-state index is 0.0219. The molecule has 0 saturated heterocycles. The van der Waals surface area contributed by atoms with Crippen molar-refractivity contribution in [3.8, 4) is 5.75 Å². The summed E-state index contributed by atoms with van der Waals surface area (Å²) < 4.78 is 6.33. The maximum atomic E-state index is 6.33. The van der Waals surface area contributed by atoms with Gasteiger partial charge in [-0.15, -0.1) is 0 Å². The molecular formula is C18H31NO. The van der Waals surface area contributed by atoms with Gasteiger partial charge in [-0.3, -0.25) is 0 Å². The van der Waals surface area contributed by atoms with Crippen molar-refractivity contribution in [1.82, 2.24) is 0 Å². The zero-order valence-corrected chi connectivity index (χ0v) is 14.2. The van der Waals surface area contributed by atoms with Crippen molar-refractivity contribution in [2.24, 2.45) is 11.1 Å². The van der Waals surface area contributed by atoms with Crippen LogP contribution in [-0.2, 0) is 0 Å². The van der Waals surface area contributed by atoms with Crippen LogP contribution in [0.5, 0.6) is 5.75 Å². The highest BCUT2D eigenvalue weighted by atomic mass is 16.5. The molecule has 0 spiro atoms. The van der Waals surface area contributed by atoms with E-state index in [0.29, 0.717) is 5.92 Å². The molecule has 0 heterocycles. The summed E-state index contributed by atoms with van der Waals surface area (Å²) in [5, 5.41) is 0. The lowest BCUT2D eigenvalue weighted by molar-refractivity contribution is 0.0615. The molecule has 2 heteroatoms. The zero-order chi connectivity index (χ0) is 15.5. The smallest absolute Gasteiger partial charge is 0.123 e. The highest BCUT2D eigenvalue weighted by Gasteiger charge is 2.31. The highest BCUT2D eigenvalue weighted by molar-refractivity contribution is 5.38. The summed E-state index contributed by atoms with van der Waals surface area (Å²) >= 11 is 0. The van der Waals surface area contributed by atoms with Crippen LogP contribution >= 0.6 is 0 Å². The molecule has 0 fully saturated rings. The van der Waals surface area contributed by atoms with Gasteiger partial charge in [-0.1, -0.05) is 53.7 Å². The topological polar surface area (TPSA) is 35.2 Å². The molecule has 1 rings (SSSR count). The van der Waals surface area contributed by atoms with E-state index in [1.165, 1.54) is 11.1 Å². The summed E-state index contributed by atoms with van der Waals surface area (Å²) in [7, 11) is 0. The standard InChI is InChI=1S/C18H31NO/c1-8-15(19)17(18(5,6)7)20-16-11-14(12(2)3)10-9-13(16)4/h9-12,15,17H,8,19H2,1-7H3. The fourth-order valence-corrected chi connectivity index (χ4v) is 2.36. The summed E-state index contributed by atoms with van der Waals surface area (Å²) in [4.78, 5) is 0. The fourth-order valence-electron chi connectivity index (χ4n) is 2.36. The van der Waals surface area contributed by atoms with Gasteiger partial charge in [-0.2, -0.15) is 0 Å². The van der Waals surface area contributed by atoms with Crippen molar-refractivity contribution in [2.45, 2.75) is 73.0 Å². The third kappa shape index (κ3) is 4.24. The Balaban J connectivity index is 3.07. The van der Waals surface area contributed by atoms with Gasteiger partial charge < -0.3 is 10.5 Å². The molecule has 0 aromatic heterocycles. The molecule has 0 aliphatic rings. The number of aryl methyl sites for hydroxylation is 1. The Hall–Kier alpha value is -1.02. The lowest BCUT2D eigenvalue weighted by atomic mass is 9.84. The Bertz CT molecular complexity index is 432. The largest absolute Gasteiger partial charge is 0.488 e. The van der Waals surface area contributed by atoms with E-state index in [-0.39, 0.29) is 17.6 Å². The summed E-state index contributed by atoms with van der Waals surface area (Å²) in [5.74, 6) is 1.48. The van der Waals surface area contributed by atoms with E-state index in [1.54, 1.807) is 0 Å². The van der Waals surface area contributed by atoms with Crippen LogP contribution in [0.3, 0.4) is 0 Å². The maximum absolute atomic E-state index is 6.33. The summed E-state index contributed by atoms with van der Waals surface area (Å²) in [5.41, 5.74) is 8.78. The SMILES string of the molecule is CCC(N)C(Oc1cc(C(C)C)ccc1C)C(C)(C)C. The van der Waals surface area contributed by atoms with E-state index >= 15 is 0 Å². The average Bonchev–Trinajstić information content (AvgIpc) is 2.35. The Morgan fingerprint density at radius 1 is 1.20 bits per heavy atom. The first-order chi connectivity index (χ1) is 9.16. The molecule has 2 atom stereocenters. The molecule has 0 radical (unpaired) electrons. The van der Waals surface area contributed by atoms with Crippen LogP contribution in [0.4, 0.5) is 0 Å². The third-order valence-electron chi connectivity index (χ3n) is 3.85. The lowest BCUT2D eigenvalue weighted by Crippen LogP contribution is -2.47. The second kappa shape index (κ2) is 6.62. The molecule has 0 bridgehead atoms. The quantitative estimate of drug-likeness (QED) is 0.850. The van der Waals surface area contributed by atoms with Crippen molar-refractivity contribution in [3.63, 3.8) is 0 Å². The molecule has 114 valence electrons. The van der Waals surface area contributed by atoms with E-state index in [2.05, 4.69) is 66.7 Å². The Morgan fingerprint density at radius 3 is 2.25 bits per heavy atom. The summed E-state index contributed by atoms with van der Waals surface area (Å²) in [6, 6.07) is 6.54. The normalized spacial score (nSPS) is 15.2. The van der Waals surface area contributed by atoms with Gasteiger partial charge >= 0.3 is 0 Å². The molecule has 0 saturated carbocycles. The first-order valence-corrected chi connectivity index (χ1v) is 7.69. The van der Waals surface area contributed by atoms with Crippen molar-refractivity contribution >= 4 is 0 Å². The zero-order valence-electron chi connectivity index (χ0n) is 14.2. The van der Waals surface area contributed by atoms with Gasteiger partial charge in [0.25, 0.3) is 0 Å². The molecule has 2 N–H and O–H groups in total. The first-order valence-electron chi connectivity index (χ1n) is 7.69. The molecule has 1 aromatic carbocycles. The average molecular weight is 277 g/mol. The van der Waals surface area contributed by atoms with E-state index in [4.69, 9.17) is 10.5 Å². The number of hydrogen-bond donors (Lipinski definition) is 1. The van der Waals surface area contributed by atoms with Gasteiger partial charge in [-0.05, 0) is 36.5 Å². The minimum Gasteiger partial charge on any atom is -0.488 e. The molecule has 20 heavy (non-hydrogen) atoms. The Morgan fingerprint density at radius 2 is 1.80 bits per heavy atom. The molecular weight excluding hydrogens is 246 g/mol. The van der Waals surface area contributed by atoms with Gasteiger partial charge in [-0.25, -0.2) is 0 Å². The summed E-state index contributed by atoms with van der Waals surface area (Å²) in [6.45, 7) is 15.2. The van der Waals surface area contributed by atoms with Crippen LogP contribution < -0.4 is 10.5 Å². The molecule has 0 aliphatic heterocycles. The second-order valence-corrected chi connectivity index (χ2v) is 7.16. The summed E-state index contributed by atoms with van der Waals surface area (Å²) in [6.07, 6.45) is 0.943. The van der Waals surface area contributed by atoms with E-state index in [0.717, 1.165) is 12.2 Å². The molecule has 0 aliphatic carbocycles. The second-order valence-electron chi connectivity index (χ2n) is 7.16. The van der Waals surface area contributed by atoms with Crippen molar-refractivity contribution < 1.29 is 4.74 Å². The van der Waals surface area contributed by atoms with E-state index in [9.17, 15) is 0 Å². The number of hydrogen-bond acceptors (Lipinski definition) is 2. The first kappa shape index (κ1) is 17.0. The highest BCUT2D eigenvalue weighted by Crippen LogP contribution is 2.31. The van der Waals surface area contributed by atoms with Gasteiger partial charge in [0.1, 0.15) is 11.9 Å². The van der Waals surface area contributed by atoms with Crippen molar-refractivity contribution in [3.05, 3.63) is 29.3 Å². The van der Waals surface area contributed by atoms with Gasteiger partial charge in [0.2, 0.25) is 0 Å². The predicted octanol–water partition coefficient (Wildman–Crippen LogP) is 4.65. The number of ether oxygens (including phenoxy) is 1. The molecule has 1 aromatic rings. The fraction of sp³-hybridized carbons (Fsp3) is 0.667. The molecule has 0 amide bonds. The van der Waals surface area contributed by atoms with Gasteiger partial charge in [0, 0.05) is 11.5 Å². The number of rotatable bonds is 5. The minimum atomic E-state index is 0.0219. The number of benzene rings is 1. The van der Waals surface area contributed by atoms with Crippen molar-refractivity contribution in [2.75, 3.05) is 0 Å². The van der Waals surface area contributed by atoms with Crippen LogP contribution in [0.1, 0.15) is 65.0 Å². The van der Waals surface area contributed by atoms with E-state index in [1.807, 2.05) is 0 Å².